The van der Waals surface area contributed by atoms with Crippen molar-refractivity contribution in [3.8, 4) is 0 Å². The van der Waals surface area contributed by atoms with Crippen LogP contribution in [-0.2, 0) is 28.6 Å². The van der Waals surface area contributed by atoms with Gasteiger partial charge < -0.3 is 14.2 Å². The molecule has 0 fully saturated rings. The second-order valence-electron chi connectivity index (χ2n) is 24.5. The van der Waals surface area contributed by atoms with Gasteiger partial charge in [0.1, 0.15) is 13.2 Å². The van der Waals surface area contributed by atoms with Crippen LogP contribution in [0.15, 0.2) is 36.5 Å². The zero-order chi connectivity index (χ0) is 57.8. The normalized spacial score (nSPS) is 12.2. The highest BCUT2D eigenvalue weighted by Crippen LogP contribution is 2.19. The Bertz CT molecular complexity index is 1340. The molecule has 6 heteroatoms. The highest BCUT2D eigenvalue weighted by molar-refractivity contribution is 5.71. The maximum absolute atomic E-state index is 12.9. The van der Waals surface area contributed by atoms with Crippen molar-refractivity contribution in [2.75, 3.05) is 13.2 Å². The Balaban J connectivity index is 4.20. The van der Waals surface area contributed by atoms with E-state index in [4.69, 9.17) is 14.2 Å². The SMILES string of the molecule is CCCCCCC/C=C\C/C=C\C/C=C\CCCCCCCCCCCCCCCCC(=O)OCC(COC(=O)CCCCCCCCCCCCCCC)OC(=O)CCCCCCCCCCCCCCCCCCCCCC. The van der Waals surface area contributed by atoms with E-state index in [1.54, 1.807) is 0 Å². The Morgan fingerprint density at radius 3 is 0.700 bits per heavy atom. The van der Waals surface area contributed by atoms with Crippen molar-refractivity contribution in [3.63, 3.8) is 0 Å². The molecule has 0 heterocycles. The average Bonchev–Trinajstić information content (AvgIpc) is 3.46. The van der Waals surface area contributed by atoms with Crippen molar-refractivity contribution >= 4 is 17.9 Å². The van der Waals surface area contributed by atoms with Crippen LogP contribution in [0.25, 0.3) is 0 Å². The number of rotatable bonds is 67. The Morgan fingerprint density at radius 2 is 0.450 bits per heavy atom. The smallest absolute Gasteiger partial charge is 0.306 e. The summed E-state index contributed by atoms with van der Waals surface area (Å²) in [6.45, 7) is 6.71. The number of hydrogen-bond acceptors (Lipinski definition) is 6. The number of hydrogen-bond donors (Lipinski definition) is 0. The molecule has 0 N–H and O–H groups in total. The largest absolute Gasteiger partial charge is 0.462 e. The Kier molecular flexibility index (Phi) is 67.1. The summed E-state index contributed by atoms with van der Waals surface area (Å²) in [6, 6.07) is 0. The number of esters is 3. The van der Waals surface area contributed by atoms with Crippen molar-refractivity contribution < 1.29 is 28.6 Å². The van der Waals surface area contributed by atoms with Crippen molar-refractivity contribution in [3.05, 3.63) is 36.5 Å². The van der Waals surface area contributed by atoms with Gasteiger partial charge in [0.25, 0.3) is 0 Å². The van der Waals surface area contributed by atoms with E-state index in [-0.39, 0.29) is 31.1 Å². The molecule has 0 saturated carbocycles. The van der Waals surface area contributed by atoms with Gasteiger partial charge in [-0.05, 0) is 57.8 Å². The van der Waals surface area contributed by atoms with E-state index in [2.05, 4.69) is 57.2 Å². The fourth-order valence-electron chi connectivity index (χ4n) is 11.0. The van der Waals surface area contributed by atoms with E-state index in [1.807, 2.05) is 0 Å². The first-order chi connectivity index (χ1) is 39.5. The lowest BCUT2D eigenvalue weighted by molar-refractivity contribution is -0.167. The number of carbonyl (C=O) groups excluding carboxylic acids is 3. The minimum absolute atomic E-state index is 0.0651. The first-order valence-electron chi connectivity index (χ1n) is 36.0. The van der Waals surface area contributed by atoms with Crippen LogP contribution >= 0.6 is 0 Å². The summed E-state index contributed by atoms with van der Waals surface area (Å²) in [7, 11) is 0. The third-order valence-corrected chi connectivity index (χ3v) is 16.4. The predicted molar refractivity (Wildman–Crippen MR) is 349 cm³/mol. The van der Waals surface area contributed by atoms with Crippen molar-refractivity contribution in [2.24, 2.45) is 0 Å². The van der Waals surface area contributed by atoms with Crippen LogP contribution in [0.2, 0.25) is 0 Å². The Morgan fingerprint density at radius 1 is 0.250 bits per heavy atom. The Labute approximate surface area is 499 Å². The van der Waals surface area contributed by atoms with Crippen LogP contribution in [-0.4, -0.2) is 37.2 Å². The highest BCUT2D eigenvalue weighted by atomic mass is 16.6. The minimum atomic E-state index is -0.768. The molecule has 0 bridgehead atoms. The molecule has 0 aromatic rings. The number of ether oxygens (including phenoxy) is 3. The summed E-state index contributed by atoms with van der Waals surface area (Å²) in [5, 5.41) is 0. The van der Waals surface area contributed by atoms with Crippen LogP contribution in [0.3, 0.4) is 0 Å². The molecule has 0 aliphatic carbocycles. The topological polar surface area (TPSA) is 78.9 Å². The monoisotopic (exact) mass is 1120 g/mol. The van der Waals surface area contributed by atoms with Gasteiger partial charge in [-0.1, -0.05) is 359 Å². The lowest BCUT2D eigenvalue weighted by Crippen LogP contribution is -2.30. The molecule has 0 amide bonds. The van der Waals surface area contributed by atoms with E-state index < -0.39 is 6.10 Å². The molecule has 0 spiro atoms. The quantitative estimate of drug-likeness (QED) is 0.0261. The van der Waals surface area contributed by atoms with Gasteiger partial charge in [-0.3, -0.25) is 14.4 Å². The van der Waals surface area contributed by atoms with E-state index in [1.165, 1.54) is 289 Å². The molecule has 0 aromatic carbocycles. The van der Waals surface area contributed by atoms with E-state index in [0.717, 1.165) is 70.6 Å². The van der Waals surface area contributed by atoms with Crippen LogP contribution in [0.1, 0.15) is 400 Å². The van der Waals surface area contributed by atoms with Crippen molar-refractivity contribution in [2.45, 2.75) is 406 Å². The molecule has 1 unspecified atom stereocenters. The standard InChI is InChI=1S/C74H138O6/c1-4-7-10-13-16-19-22-25-27-29-31-33-34-35-36-37-38-39-40-41-43-44-46-49-52-55-58-61-64-67-73(76)79-70-71(69-78-72(75)66-63-60-57-54-51-48-24-21-18-15-12-9-6-3)80-74(77)68-65-62-59-56-53-50-47-45-42-32-30-28-26-23-20-17-14-11-8-5-2/h22,25,29,31,34-35,71H,4-21,23-24,26-28,30,32-33,36-70H2,1-3H3/b25-22-,31-29-,35-34-. The highest BCUT2D eigenvalue weighted by Gasteiger charge is 2.19. The molecule has 80 heavy (non-hydrogen) atoms. The maximum atomic E-state index is 12.9. The fourth-order valence-corrected chi connectivity index (χ4v) is 11.0. The number of unbranched alkanes of at least 4 members (excludes halogenated alkanes) is 50. The van der Waals surface area contributed by atoms with E-state index in [0.29, 0.717) is 19.3 Å². The van der Waals surface area contributed by atoms with Crippen LogP contribution in [0.4, 0.5) is 0 Å². The molecule has 470 valence electrons. The van der Waals surface area contributed by atoms with Gasteiger partial charge in [-0.15, -0.1) is 0 Å². The summed E-state index contributed by atoms with van der Waals surface area (Å²) in [5.74, 6) is -0.834. The van der Waals surface area contributed by atoms with Crippen LogP contribution in [0.5, 0.6) is 0 Å². The zero-order valence-electron chi connectivity index (χ0n) is 54.1. The minimum Gasteiger partial charge on any atom is -0.462 e. The van der Waals surface area contributed by atoms with Gasteiger partial charge in [0.15, 0.2) is 6.10 Å². The summed E-state index contributed by atoms with van der Waals surface area (Å²) >= 11 is 0. The van der Waals surface area contributed by atoms with Gasteiger partial charge in [-0.2, -0.15) is 0 Å². The summed E-state index contributed by atoms with van der Waals surface area (Å²) < 4.78 is 17.0. The third kappa shape index (κ3) is 66.4. The van der Waals surface area contributed by atoms with Gasteiger partial charge in [0.05, 0.1) is 0 Å². The molecular weight excluding hydrogens is 985 g/mol. The fraction of sp³-hybridized carbons (Fsp3) is 0.878. The molecule has 1 atom stereocenters. The second kappa shape index (κ2) is 69.1. The molecule has 0 saturated heterocycles. The molecule has 0 aliphatic heterocycles. The Hall–Kier alpha value is -2.37. The van der Waals surface area contributed by atoms with Gasteiger partial charge in [0.2, 0.25) is 0 Å². The number of carbonyl (C=O) groups is 3. The number of allylic oxidation sites excluding steroid dienone is 6. The van der Waals surface area contributed by atoms with Crippen molar-refractivity contribution in [1.29, 1.82) is 0 Å². The average molecular weight is 1120 g/mol. The van der Waals surface area contributed by atoms with Crippen LogP contribution in [0, 0.1) is 0 Å². The third-order valence-electron chi connectivity index (χ3n) is 16.4. The molecule has 0 aromatic heterocycles. The predicted octanol–water partition coefficient (Wildman–Crippen LogP) is 24.7. The maximum Gasteiger partial charge on any atom is 0.306 e. The first-order valence-corrected chi connectivity index (χ1v) is 36.0. The molecule has 6 nitrogen and oxygen atoms in total. The van der Waals surface area contributed by atoms with Crippen LogP contribution < -0.4 is 0 Å². The van der Waals surface area contributed by atoms with Gasteiger partial charge >= 0.3 is 17.9 Å². The molecule has 0 rings (SSSR count). The molecule has 0 radical (unpaired) electrons. The second-order valence-corrected chi connectivity index (χ2v) is 24.5. The zero-order valence-corrected chi connectivity index (χ0v) is 54.1. The summed E-state index contributed by atoms with van der Waals surface area (Å²) in [5.41, 5.74) is 0. The molecule has 0 aliphatic rings. The van der Waals surface area contributed by atoms with E-state index >= 15 is 0 Å². The molecular formula is C74H138O6. The van der Waals surface area contributed by atoms with Crippen molar-refractivity contribution in [1.82, 2.24) is 0 Å². The lowest BCUT2D eigenvalue weighted by Gasteiger charge is -2.18. The first kappa shape index (κ1) is 77.6. The summed E-state index contributed by atoms with van der Waals surface area (Å²) in [6.07, 6.45) is 86.0. The lowest BCUT2D eigenvalue weighted by atomic mass is 10.0. The summed E-state index contributed by atoms with van der Waals surface area (Å²) in [4.78, 5) is 38.4. The van der Waals surface area contributed by atoms with Gasteiger partial charge in [0, 0.05) is 19.3 Å². The van der Waals surface area contributed by atoms with Gasteiger partial charge in [-0.25, -0.2) is 0 Å². The van der Waals surface area contributed by atoms with E-state index in [9.17, 15) is 14.4 Å².